The minimum Gasteiger partial charge on any atom is -0.387 e. The Balaban J connectivity index is 5.07. The molecule has 17 heavy (non-hydrogen) atoms. The Bertz CT molecular complexity index is 251. The smallest absolute Gasteiger partial charge is 0.189 e. The predicted molar refractivity (Wildman–Crippen MR) is 54.3 cm³/mol. The minimum atomic E-state index is -2.74. The highest BCUT2D eigenvalue weighted by Gasteiger charge is 2.52. The van der Waals surface area contributed by atoms with Gasteiger partial charge in [-0.1, -0.05) is 0 Å². The monoisotopic (exact) mass is 256 g/mol. The summed E-state index contributed by atoms with van der Waals surface area (Å²) in [6.07, 6.45) is -6.70. The molecule has 4 unspecified atom stereocenters. The highest BCUT2D eigenvalue weighted by atomic mass is 16.5. The molecule has 8 nitrogen and oxygen atoms in total. The molecule has 0 amide bonds. The van der Waals surface area contributed by atoms with E-state index in [2.05, 4.69) is 0 Å². The number of rotatable bonds is 5. The normalized spacial score (nSPS) is 22.8. The SMILES string of the molecule is CC(O)(O)C(O)C(O)C(C)(O)C(O)C(C)(O)O. The van der Waals surface area contributed by atoms with Crippen LogP contribution in [0, 0.1) is 0 Å². The van der Waals surface area contributed by atoms with E-state index in [9.17, 15) is 20.4 Å². The summed E-state index contributed by atoms with van der Waals surface area (Å²) in [4.78, 5) is 0. The molecule has 0 heterocycles. The molecule has 0 fully saturated rings. The molecule has 4 atom stereocenters. The Hall–Kier alpha value is -0.320. The molecule has 0 aromatic heterocycles. The van der Waals surface area contributed by atoms with Crippen LogP contribution < -0.4 is 0 Å². The number of hydrogen-bond donors (Lipinski definition) is 8. The van der Waals surface area contributed by atoms with Crippen LogP contribution in [-0.4, -0.2) is 76.3 Å². The van der Waals surface area contributed by atoms with E-state index in [1.165, 1.54) is 0 Å². The van der Waals surface area contributed by atoms with Crippen molar-refractivity contribution in [3.63, 3.8) is 0 Å². The van der Waals surface area contributed by atoms with Crippen LogP contribution in [-0.2, 0) is 0 Å². The molecule has 104 valence electrons. The molecule has 0 bridgehead atoms. The lowest BCUT2D eigenvalue weighted by Crippen LogP contribution is -2.65. The van der Waals surface area contributed by atoms with Crippen LogP contribution in [0.4, 0.5) is 0 Å². The summed E-state index contributed by atoms with van der Waals surface area (Å²) in [5.41, 5.74) is -2.58. The van der Waals surface area contributed by atoms with Crippen molar-refractivity contribution in [2.24, 2.45) is 0 Å². The first-order valence-electron chi connectivity index (χ1n) is 4.88. The first-order chi connectivity index (χ1) is 7.22. The van der Waals surface area contributed by atoms with Crippen LogP contribution >= 0.6 is 0 Å². The van der Waals surface area contributed by atoms with Crippen molar-refractivity contribution in [1.82, 2.24) is 0 Å². The molecule has 0 aliphatic rings. The summed E-state index contributed by atoms with van der Waals surface area (Å²) in [6.45, 7) is 2.31. The lowest BCUT2D eigenvalue weighted by atomic mass is 9.83. The first-order valence-corrected chi connectivity index (χ1v) is 4.88. The largest absolute Gasteiger partial charge is 0.387 e. The molecule has 0 saturated carbocycles. The molecule has 8 N–H and O–H groups in total. The van der Waals surface area contributed by atoms with Crippen LogP contribution in [0.2, 0.25) is 0 Å². The van der Waals surface area contributed by atoms with Crippen molar-refractivity contribution in [2.45, 2.75) is 56.3 Å². The van der Waals surface area contributed by atoms with Gasteiger partial charge >= 0.3 is 0 Å². The van der Waals surface area contributed by atoms with Crippen LogP contribution in [0.3, 0.4) is 0 Å². The van der Waals surface area contributed by atoms with Gasteiger partial charge in [-0.25, -0.2) is 0 Å². The molecule has 0 aliphatic carbocycles. The van der Waals surface area contributed by atoms with E-state index in [1.54, 1.807) is 0 Å². The first kappa shape index (κ1) is 16.7. The Kier molecular flexibility index (Phi) is 4.66. The average Bonchev–Trinajstić information content (AvgIpc) is 2.11. The van der Waals surface area contributed by atoms with Gasteiger partial charge in [0, 0.05) is 0 Å². The lowest BCUT2D eigenvalue weighted by molar-refractivity contribution is -0.303. The summed E-state index contributed by atoms with van der Waals surface area (Å²) in [5, 5.41) is 74.2. The Morgan fingerprint density at radius 3 is 1.24 bits per heavy atom. The average molecular weight is 256 g/mol. The molecule has 0 aromatic rings. The Morgan fingerprint density at radius 2 is 1.00 bits per heavy atom. The summed E-state index contributed by atoms with van der Waals surface area (Å²) in [5.74, 6) is -5.48. The second-order valence-electron chi connectivity index (χ2n) is 4.71. The van der Waals surface area contributed by atoms with Gasteiger partial charge in [-0.15, -0.1) is 0 Å². The standard InChI is InChI=1S/C9H20O8/c1-7(13,6(12)9(3,16)17)4(10)5(11)8(2,14)15/h4-6,10-17H,1-3H3. The fourth-order valence-electron chi connectivity index (χ4n) is 1.33. The van der Waals surface area contributed by atoms with E-state index in [0.29, 0.717) is 0 Å². The third-order valence-electron chi connectivity index (χ3n) is 2.53. The van der Waals surface area contributed by atoms with E-state index in [1.807, 2.05) is 0 Å². The Labute approximate surface area is 98.0 Å². The number of hydrogen-bond acceptors (Lipinski definition) is 8. The fraction of sp³-hybridized carbons (Fsp3) is 1.00. The van der Waals surface area contributed by atoms with Gasteiger partial charge in [0.25, 0.3) is 0 Å². The molecular weight excluding hydrogens is 236 g/mol. The molecule has 0 aromatic carbocycles. The van der Waals surface area contributed by atoms with E-state index in [0.717, 1.165) is 20.8 Å². The van der Waals surface area contributed by atoms with E-state index >= 15 is 0 Å². The van der Waals surface area contributed by atoms with E-state index in [-0.39, 0.29) is 0 Å². The van der Waals surface area contributed by atoms with Crippen LogP contribution in [0.25, 0.3) is 0 Å². The maximum Gasteiger partial charge on any atom is 0.189 e. The van der Waals surface area contributed by atoms with Crippen molar-refractivity contribution < 1.29 is 40.9 Å². The van der Waals surface area contributed by atoms with Crippen LogP contribution in [0.15, 0.2) is 0 Å². The van der Waals surface area contributed by atoms with Gasteiger partial charge in [0.15, 0.2) is 11.6 Å². The van der Waals surface area contributed by atoms with Crippen molar-refractivity contribution in [1.29, 1.82) is 0 Å². The zero-order valence-electron chi connectivity index (χ0n) is 9.81. The zero-order chi connectivity index (χ0) is 14.2. The van der Waals surface area contributed by atoms with Gasteiger partial charge in [0.1, 0.15) is 23.9 Å². The topological polar surface area (TPSA) is 162 Å². The predicted octanol–water partition coefficient (Wildman–Crippen LogP) is -3.78. The zero-order valence-corrected chi connectivity index (χ0v) is 9.81. The van der Waals surface area contributed by atoms with Gasteiger partial charge < -0.3 is 40.9 Å². The van der Waals surface area contributed by atoms with Crippen molar-refractivity contribution in [2.75, 3.05) is 0 Å². The molecule has 0 saturated heterocycles. The maximum absolute atomic E-state index is 9.72. The summed E-state index contributed by atoms with van der Waals surface area (Å²) in [7, 11) is 0. The van der Waals surface area contributed by atoms with E-state index in [4.69, 9.17) is 20.4 Å². The highest BCUT2D eigenvalue weighted by Crippen LogP contribution is 2.27. The molecule has 8 heteroatoms. The Morgan fingerprint density at radius 1 is 0.647 bits per heavy atom. The van der Waals surface area contributed by atoms with Gasteiger partial charge in [-0.3, -0.25) is 0 Å². The molecule has 0 radical (unpaired) electrons. The highest BCUT2D eigenvalue weighted by molar-refractivity contribution is 4.99. The summed E-state index contributed by atoms with van der Waals surface area (Å²) < 4.78 is 0. The van der Waals surface area contributed by atoms with Gasteiger partial charge in [-0.2, -0.15) is 0 Å². The van der Waals surface area contributed by atoms with Gasteiger partial charge in [0.2, 0.25) is 0 Å². The number of aliphatic hydroxyl groups excluding tert-OH is 3. The molecule has 0 rings (SSSR count). The third-order valence-corrected chi connectivity index (χ3v) is 2.53. The van der Waals surface area contributed by atoms with Crippen molar-refractivity contribution in [3.05, 3.63) is 0 Å². The van der Waals surface area contributed by atoms with Crippen LogP contribution in [0.5, 0.6) is 0 Å². The lowest BCUT2D eigenvalue weighted by Gasteiger charge is -2.41. The second-order valence-corrected chi connectivity index (χ2v) is 4.71. The molecular formula is C9H20O8. The quantitative estimate of drug-likeness (QED) is 0.232. The van der Waals surface area contributed by atoms with E-state index < -0.39 is 35.5 Å². The third kappa shape index (κ3) is 3.83. The van der Waals surface area contributed by atoms with Gasteiger partial charge in [0.05, 0.1) is 0 Å². The maximum atomic E-state index is 9.72. The van der Waals surface area contributed by atoms with Gasteiger partial charge in [-0.05, 0) is 20.8 Å². The van der Waals surface area contributed by atoms with Crippen molar-refractivity contribution in [3.8, 4) is 0 Å². The fourth-order valence-corrected chi connectivity index (χ4v) is 1.33. The summed E-state index contributed by atoms with van der Waals surface area (Å²) in [6, 6.07) is 0. The van der Waals surface area contributed by atoms with Crippen molar-refractivity contribution >= 4 is 0 Å². The molecule has 0 spiro atoms. The summed E-state index contributed by atoms with van der Waals surface area (Å²) >= 11 is 0. The van der Waals surface area contributed by atoms with Crippen LogP contribution in [0.1, 0.15) is 20.8 Å². The number of aliphatic hydroxyl groups is 8. The second kappa shape index (κ2) is 4.75. The minimum absolute atomic E-state index is 0.750. The molecule has 0 aliphatic heterocycles.